The summed E-state index contributed by atoms with van der Waals surface area (Å²) >= 11 is 6.31. The van der Waals surface area contributed by atoms with Crippen LogP contribution in [0.1, 0.15) is 29.4 Å². The Hall–Kier alpha value is -4.16. The van der Waals surface area contributed by atoms with Crippen LogP contribution in [-0.4, -0.2) is 35.7 Å². The molecule has 1 aromatic carbocycles. The molecule has 1 aliphatic rings. The van der Waals surface area contributed by atoms with E-state index in [1.807, 2.05) is 30.3 Å². The summed E-state index contributed by atoms with van der Waals surface area (Å²) < 4.78 is 3.23. The van der Waals surface area contributed by atoms with Gasteiger partial charge in [0.05, 0.1) is 28.6 Å². The number of benzene rings is 1. The largest absolute Gasteiger partial charge is 0.345 e. The van der Waals surface area contributed by atoms with E-state index < -0.39 is 0 Å². The van der Waals surface area contributed by atoms with Gasteiger partial charge in [0, 0.05) is 18.9 Å². The number of anilines is 1. The van der Waals surface area contributed by atoms with Crippen molar-refractivity contribution in [1.82, 2.24) is 29.1 Å². The van der Waals surface area contributed by atoms with E-state index in [2.05, 4.69) is 25.9 Å². The van der Waals surface area contributed by atoms with Crippen LogP contribution in [0.15, 0.2) is 59.9 Å². The molecule has 1 N–H and O–H groups in total. The highest BCUT2D eigenvalue weighted by molar-refractivity contribution is 6.33. The Kier molecular flexibility index (Phi) is 4.41. The maximum Gasteiger partial charge on any atom is 0.279 e. The Balaban J connectivity index is 1.52. The summed E-state index contributed by atoms with van der Waals surface area (Å²) in [5, 5.41) is 15.4. The van der Waals surface area contributed by atoms with Crippen LogP contribution < -0.4 is 10.5 Å². The van der Waals surface area contributed by atoms with Crippen molar-refractivity contribution in [1.29, 1.82) is 5.26 Å². The quantitative estimate of drug-likeness (QED) is 0.444. The second-order valence-corrected chi connectivity index (χ2v) is 8.33. The van der Waals surface area contributed by atoms with E-state index in [0.717, 1.165) is 18.5 Å². The Bertz CT molecular complexity index is 1610. The molecule has 0 spiro atoms. The van der Waals surface area contributed by atoms with E-state index >= 15 is 0 Å². The SMILES string of the molecule is N#Cc1c[nH]c2ncnc(N3CCC3c3nn4ccc(Cl)c4c(=O)n3Cc3ccccc3)c12. The van der Waals surface area contributed by atoms with Crippen LogP contribution in [0.4, 0.5) is 5.82 Å². The van der Waals surface area contributed by atoms with Crippen LogP contribution >= 0.6 is 11.6 Å². The third-order valence-electron chi connectivity index (χ3n) is 6.10. The highest BCUT2D eigenvalue weighted by Crippen LogP contribution is 2.39. The molecule has 0 radical (unpaired) electrons. The highest BCUT2D eigenvalue weighted by atomic mass is 35.5. The number of halogens is 1. The average Bonchev–Trinajstić information content (AvgIpc) is 3.40. The van der Waals surface area contributed by atoms with Gasteiger partial charge in [0.15, 0.2) is 5.82 Å². The molecule has 5 aromatic rings. The minimum absolute atomic E-state index is 0.188. The molecule has 6 rings (SSSR count). The molecule has 1 aliphatic heterocycles. The fourth-order valence-corrected chi connectivity index (χ4v) is 4.63. The summed E-state index contributed by atoms with van der Waals surface area (Å²) in [6.45, 7) is 1.09. The topological polar surface area (TPSA) is 108 Å². The molecule has 162 valence electrons. The zero-order chi connectivity index (χ0) is 22.5. The second kappa shape index (κ2) is 7.46. The maximum atomic E-state index is 13.5. The Morgan fingerprint density at radius 2 is 2.06 bits per heavy atom. The maximum absolute atomic E-state index is 13.5. The zero-order valence-electron chi connectivity index (χ0n) is 17.3. The van der Waals surface area contributed by atoms with E-state index in [1.165, 1.54) is 6.33 Å². The number of rotatable bonds is 4. The van der Waals surface area contributed by atoms with Gasteiger partial charge < -0.3 is 9.88 Å². The van der Waals surface area contributed by atoms with Crippen LogP contribution in [0.2, 0.25) is 5.02 Å². The number of aromatic nitrogens is 6. The number of nitriles is 1. The third-order valence-corrected chi connectivity index (χ3v) is 6.40. The summed E-state index contributed by atoms with van der Waals surface area (Å²) in [6.07, 6.45) is 5.60. The predicted molar refractivity (Wildman–Crippen MR) is 123 cm³/mol. The van der Waals surface area contributed by atoms with E-state index in [1.54, 1.807) is 27.5 Å². The van der Waals surface area contributed by atoms with Crippen molar-refractivity contribution in [2.75, 3.05) is 11.4 Å². The Morgan fingerprint density at radius 1 is 1.21 bits per heavy atom. The van der Waals surface area contributed by atoms with Gasteiger partial charge in [0.2, 0.25) is 0 Å². The molecule has 0 amide bonds. The summed E-state index contributed by atoms with van der Waals surface area (Å²) in [5.74, 6) is 1.27. The molecule has 33 heavy (non-hydrogen) atoms. The summed E-state index contributed by atoms with van der Waals surface area (Å²) in [5.41, 5.74) is 2.22. The molecule has 9 nitrogen and oxygen atoms in total. The number of H-pyrrole nitrogens is 1. The lowest BCUT2D eigenvalue weighted by Gasteiger charge is -2.42. The normalized spacial score (nSPS) is 15.6. The van der Waals surface area contributed by atoms with Crippen LogP contribution in [0.25, 0.3) is 16.6 Å². The Labute approximate surface area is 192 Å². The molecular weight excluding hydrogens is 440 g/mol. The first-order chi connectivity index (χ1) is 16.2. The molecule has 0 saturated carbocycles. The van der Waals surface area contributed by atoms with Gasteiger partial charge in [0.1, 0.15) is 29.4 Å². The number of nitrogens with zero attached hydrogens (tertiary/aromatic N) is 7. The van der Waals surface area contributed by atoms with E-state index in [0.29, 0.717) is 45.3 Å². The highest BCUT2D eigenvalue weighted by Gasteiger charge is 2.36. The zero-order valence-corrected chi connectivity index (χ0v) is 18.1. The van der Waals surface area contributed by atoms with Crippen LogP contribution in [0, 0.1) is 11.3 Å². The minimum Gasteiger partial charge on any atom is -0.345 e. The van der Waals surface area contributed by atoms with Crippen molar-refractivity contribution in [2.24, 2.45) is 0 Å². The second-order valence-electron chi connectivity index (χ2n) is 7.92. The molecule has 1 saturated heterocycles. The molecule has 1 atom stereocenters. The summed E-state index contributed by atoms with van der Waals surface area (Å²) in [7, 11) is 0. The molecule has 4 aromatic heterocycles. The lowest BCUT2D eigenvalue weighted by atomic mass is 10.0. The lowest BCUT2D eigenvalue weighted by Crippen LogP contribution is -2.45. The number of hydrogen-bond acceptors (Lipinski definition) is 6. The van der Waals surface area contributed by atoms with Gasteiger partial charge in [0.25, 0.3) is 5.56 Å². The van der Waals surface area contributed by atoms with Gasteiger partial charge in [-0.15, -0.1) is 0 Å². The van der Waals surface area contributed by atoms with Gasteiger partial charge in [-0.25, -0.2) is 14.5 Å². The van der Waals surface area contributed by atoms with E-state index in [9.17, 15) is 10.1 Å². The van der Waals surface area contributed by atoms with Gasteiger partial charge in [-0.05, 0) is 18.1 Å². The monoisotopic (exact) mass is 456 g/mol. The lowest BCUT2D eigenvalue weighted by molar-refractivity contribution is 0.411. The molecule has 10 heteroatoms. The average molecular weight is 457 g/mol. The van der Waals surface area contributed by atoms with E-state index in [-0.39, 0.29) is 11.6 Å². The molecule has 0 bridgehead atoms. The molecule has 1 fully saturated rings. The van der Waals surface area contributed by atoms with Crippen molar-refractivity contribution in [3.63, 3.8) is 0 Å². The van der Waals surface area contributed by atoms with Crippen LogP contribution in [0.5, 0.6) is 0 Å². The van der Waals surface area contributed by atoms with E-state index in [4.69, 9.17) is 16.7 Å². The summed E-state index contributed by atoms with van der Waals surface area (Å²) in [6, 6.07) is 13.5. The number of hydrogen-bond donors (Lipinski definition) is 1. The summed E-state index contributed by atoms with van der Waals surface area (Å²) in [4.78, 5) is 27.4. The standard InChI is InChI=1S/C23H17ClN8O/c24-16-6-9-32-19(16)23(33)31(12-14-4-2-1-3-5-14)21(29-32)17-7-8-30(17)22-18-15(10-25)11-26-20(18)27-13-28-22/h1-6,9,11,13,17H,7-8,12H2,(H,26,27,28). The Morgan fingerprint density at radius 3 is 2.82 bits per heavy atom. The van der Waals surface area contributed by atoms with Crippen molar-refractivity contribution < 1.29 is 0 Å². The van der Waals surface area contributed by atoms with Crippen molar-refractivity contribution in [2.45, 2.75) is 19.0 Å². The van der Waals surface area contributed by atoms with Gasteiger partial charge in [-0.1, -0.05) is 41.9 Å². The molecule has 5 heterocycles. The van der Waals surface area contributed by atoms with Crippen LogP contribution in [-0.2, 0) is 6.54 Å². The van der Waals surface area contributed by atoms with Gasteiger partial charge in [-0.3, -0.25) is 9.36 Å². The van der Waals surface area contributed by atoms with Crippen LogP contribution in [0.3, 0.4) is 0 Å². The number of fused-ring (bicyclic) bond motifs is 2. The van der Waals surface area contributed by atoms with Gasteiger partial charge >= 0.3 is 0 Å². The first-order valence-corrected chi connectivity index (χ1v) is 10.8. The van der Waals surface area contributed by atoms with Crippen molar-refractivity contribution >= 4 is 34.0 Å². The predicted octanol–water partition coefficient (Wildman–Crippen LogP) is 3.29. The molecule has 0 aliphatic carbocycles. The first kappa shape index (κ1) is 19.5. The fraction of sp³-hybridized carbons (Fsp3) is 0.174. The fourth-order valence-electron chi connectivity index (χ4n) is 4.41. The third kappa shape index (κ3) is 2.99. The molecular formula is C23H17ClN8O. The van der Waals surface area contributed by atoms with Crippen molar-refractivity contribution in [3.8, 4) is 6.07 Å². The number of nitrogens with one attached hydrogen (secondary N) is 1. The minimum atomic E-state index is -0.196. The number of aromatic amines is 1. The van der Waals surface area contributed by atoms with Gasteiger partial charge in [-0.2, -0.15) is 10.4 Å². The van der Waals surface area contributed by atoms with Crippen molar-refractivity contribution in [3.05, 3.63) is 87.4 Å². The first-order valence-electron chi connectivity index (χ1n) is 10.5. The molecule has 1 unspecified atom stereocenters. The smallest absolute Gasteiger partial charge is 0.279 e.